The van der Waals surface area contributed by atoms with E-state index in [9.17, 15) is 5.11 Å². The molecule has 146 valence electrons. The Balaban J connectivity index is 1.97. The smallest absolute Gasteiger partial charge is 0.0942 e. The van der Waals surface area contributed by atoms with Gasteiger partial charge in [0, 0.05) is 26.2 Å². The maximum Gasteiger partial charge on any atom is 0.0942 e. The summed E-state index contributed by atoms with van der Waals surface area (Å²) in [6, 6.07) is 17.0. The standard InChI is InChI=1S/C24H33NO2/c1-19-11-13-20(14-12-19)22-9-3-4-10-23(22)24(26,15-5-6-17-27-2)21-8-7-16-25-18-21/h3-4,9-14,21,25-26H,5-8,15-18H2,1-2H3/t21-,24+/m1/s1. The first-order valence-electron chi connectivity index (χ1n) is 10.2. The Morgan fingerprint density at radius 3 is 2.59 bits per heavy atom. The molecule has 1 aliphatic heterocycles. The van der Waals surface area contributed by atoms with Crippen molar-refractivity contribution in [3.63, 3.8) is 0 Å². The Bertz CT molecular complexity index is 707. The number of nitrogens with one attached hydrogen (secondary N) is 1. The molecule has 2 atom stereocenters. The van der Waals surface area contributed by atoms with E-state index < -0.39 is 5.60 Å². The number of unbranched alkanes of at least 4 members (excludes halogenated alkanes) is 1. The molecular formula is C24H33NO2. The van der Waals surface area contributed by atoms with E-state index in [1.54, 1.807) is 7.11 Å². The molecule has 0 unspecified atom stereocenters. The molecule has 0 amide bonds. The van der Waals surface area contributed by atoms with Crippen LogP contribution in [-0.4, -0.2) is 31.9 Å². The van der Waals surface area contributed by atoms with Gasteiger partial charge < -0.3 is 15.2 Å². The van der Waals surface area contributed by atoms with Crippen LogP contribution in [-0.2, 0) is 10.3 Å². The number of piperidine rings is 1. The van der Waals surface area contributed by atoms with Gasteiger partial charge in [-0.2, -0.15) is 0 Å². The number of hydrogen-bond donors (Lipinski definition) is 2. The minimum atomic E-state index is -0.817. The summed E-state index contributed by atoms with van der Waals surface area (Å²) in [7, 11) is 1.74. The molecule has 0 bridgehead atoms. The van der Waals surface area contributed by atoms with E-state index in [-0.39, 0.29) is 5.92 Å². The molecule has 0 saturated carbocycles. The summed E-state index contributed by atoms with van der Waals surface area (Å²) in [5, 5.41) is 15.5. The zero-order valence-corrected chi connectivity index (χ0v) is 16.7. The van der Waals surface area contributed by atoms with Crippen molar-refractivity contribution in [2.24, 2.45) is 5.92 Å². The van der Waals surface area contributed by atoms with E-state index >= 15 is 0 Å². The van der Waals surface area contributed by atoms with Crippen molar-refractivity contribution in [2.75, 3.05) is 26.8 Å². The van der Waals surface area contributed by atoms with Gasteiger partial charge in [-0.25, -0.2) is 0 Å². The van der Waals surface area contributed by atoms with Crippen molar-refractivity contribution >= 4 is 0 Å². The van der Waals surface area contributed by atoms with Crippen LogP contribution in [0.1, 0.15) is 43.2 Å². The lowest BCUT2D eigenvalue weighted by molar-refractivity contribution is -0.0429. The number of benzene rings is 2. The second-order valence-electron chi connectivity index (χ2n) is 7.83. The Labute approximate surface area is 163 Å². The zero-order chi connectivity index (χ0) is 19.1. The van der Waals surface area contributed by atoms with Crippen LogP contribution in [0.5, 0.6) is 0 Å². The van der Waals surface area contributed by atoms with Crippen LogP contribution >= 0.6 is 0 Å². The third-order valence-corrected chi connectivity index (χ3v) is 5.88. The van der Waals surface area contributed by atoms with E-state index in [0.717, 1.165) is 62.9 Å². The first-order valence-corrected chi connectivity index (χ1v) is 10.2. The largest absolute Gasteiger partial charge is 0.385 e. The summed E-state index contributed by atoms with van der Waals surface area (Å²) in [5.74, 6) is 0.236. The van der Waals surface area contributed by atoms with Gasteiger partial charge >= 0.3 is 0 Å². The first-order chi connectivity index (χ1) is 13.1. The van der Waals surface area contributed by atoms with Crippen molar-refractivity contribution in [1.29, 1.82) is 0 Å². The molecule has 0 aliphatic carbocycles. The molecule has 0 spiro atoms. The summed E-state index contributed by atoms with van der Waals surface area (Å²) >= 11 is 0. The molecule has 1 fully saturated rings. The predicted octanol–water partition coefficient (Wildman–Crippen LogP) is 4.67. The summed E-state index contributed by atoms with van der Waals surface area (Å²) in [6.07, 6.45) is 4.90. The minimum Gasteiger partial charge on any atom is -0.385 e. The molecule has 2 N–H and O–H groups in total. The second-order valence-corrected chi connectivity index (χ2v) is 7.83. The van der Waals surface area contributed by atoms with Crippen LogP contribution in [0.3, 0.4) is 0 Å². The van der Waals surface area contributed by atoms with Crippen LogP contribution < -0.4 is 5.32 Å². The summed E-state index contributed by atoms with van der Waals surface area (Å²) in [5.41, 5.74) is 3.83. The van der Waals surface area contributed by atoms with Crippen LogP contribution in [0.15, 0.2) is 48.5 Å². The molecule has 1 heterocycles. The Morgan fingerprint density at radius 2 is 1.89 bits per heavy atom. The van der Waals surface area contributed by atoms with Crippen molar-refractivity contribution in [2.45, 2.75) is 44.6 Å². The fourth-order valence-electron chi connectivity index (χ4n) is 4.30. The first kappa shape index (κ1) is 20.1. The lowest BCUT2D eigenvalue weighted by atomic mass is 9.72. The number of methoxy groups -OCH3 is 1. The third-order valence-electron chi connectivity index (χ3n) is 5.88. The SMILES string of the molecule is COCCCC[C@@](O)(c1ccccc1-c1ccc(C)cc1)[C@@H]1CCCNC1. The second kappa shape index (κ2) is 9.50. The highest BCUT2D eigenvalue weighted by Gasteiger charge is 2.39. The topological polar surface area (TPSA) is 41.5 Å². The van der Waals surface area contributed by atoms with Crippen LogP contribution in [0, 0.1) is 12.8 Å². The molecule has 2 aromatic rings. The molecule has 0 aromatic heterocycles. The highest BCUT2D eigenvalue weighted by atomic mass is 16.5. The number of ether oxygens (including phenoxy) is 1. The fourth-order valence-corrected chi connectivity index (χ4v) is 4.30. The lowest BCUT2D eigenvalue weighted by Gasteiger charge is -2.40. The molecule has 3 rings (SSSR count). The van der Waals surface area contributed by atoms with E-state index in [1.165, 1.54) is 11.1 Å². The average molecular weight is 368 g/mol. The summed E-state index contributed by atoms with van der Waals surface area (Å²) in [6.45, 7) is 4.78. The average Bonchev–Trinajstić information content (AvgIpc) is 2.72. The summed E-state index contributed by atoms with van der Waals surface area (Å²) < 4.78 is 5.22. The molecule has 3 nitrogen and oxygen atoms in total. The van der Waals surface area contributed by atoms with Crippen molar-refractivity contribution in [3.05, 3.63) is 59.7 Å². The molecule has 0 radical (unpaired) electrons. The van der Waals surface area contributed by atoms with Gasteiger partial charge in [0.15, 0.2) is 0 Å². The van der Waals surface area contributed by atoms with Gasteiger partial charge in [0.1, 0.15) is 0 Å². The molecule has 2 aromatic carbocycles. The lowest BCUT2D eigenvalue weighted by Crippen LogP contribution is -2.44. The van der Waals surface area contributed by atoms with Crippen LogP contribution in [0.2, 0.25) is 0 Å². The number of aryl methyl sites for hydroxylation is 1. The number of rotatable bonds is 8. The Kier molecular flexibility index (Phi) is 7.06. The van der Waals surface area contributed by atoms with Crippen LogP contribution in [0.4, 0.5) is 0 Å². The normalized spacial score (nSPS) is 19.6. The molecule has 27 heavy (non-hydrogen) atoms. The van der Waals surface area contributed by atoms with E-state index in [2.05, 4.69) is 60.8 Å². The van der Waals surface area contributed by atoms with Gasteiger partial charge in [0.05, 0.1) is 5.60 Å². The third kappa shape index (κ3) is 4.78. The van der Waals surface area contributed by atoms with Crippen molar-refractivity contribution in [1.82, 2.24) is 5.32 Å². The fraction of sp³-hybridized carbons (Fsp3) is 0.500. The molecule has 3 heteroatoms. The highest BCUT2D eigenvalue weighted by molar-refractivity contribution is 5.69. The molecule has 1 saturated heterocycles. The maximum atomic E-state index is 12.0. The van der Waals surface area contributed by atoms with Gasteiger partial charge in [-0.1, -0.05) is 54.1 Å². The quantitative estimate of drug-likeness (QED) is 0.667. The van der Waals surface area contributed by atoms with Gasteiger partial charge in [-0.3, -0.25) is 0 Å². The number of aliphatic hydroxyl groups is 1. The van der Waals surface area contributed by atoms with E-state index in [4.69, 9.17) is 4.74 Å². The predicted molar refractivity (Wildman–Crippen MR) is 112 cm³/mol. The molecular weight excluding hydrogens is 334 g/mol. The highest BCUT2D eigenvalue weighted by Crippen LogP contribution is 2.42. The minimum absolute atomic E-state index is 0.236. The van der Waals surface area contributed by atoms with Crippen molar-refractivity contribution in [3.8, 4) is 11.1 Å². The maximum absolute atomic E-state index is 12.0. The van der Waals surface area contributed by atoms with Crippen LogP contribution in [0.25, 0.3) is 11.1 Å². The Morgan fingerprint density at radius 1 is 1.11 bits per heavy atom. The summed E-state index contributed by atoms with van der Waals surface area (Å²) in [4.78, 5) is 0. The van der Waals surface area contributed by atoms with E-state index in [0.29, 0.717) is 0 Å². The van der Waals surface area contributed by atoms with Gasteiger partial charge in [-0.05, 0) is 62.3 Å². The number of hydrogen-bond acceptors (Lipinski definition) is 3. The monoisotopic (exact) mass is 367 g/mol. The zero-order valence-electron chi connectivity index (χ0n) is 16.7. The Hall–Kier alpha value is -1.68. The van der Waals surface area contributed by atoms with Gasteiger partial charge in [0.2, 0.25) is 0 Å². The molecule has 1 aliphatic rings. The van der Waals surface area contributed by atoms with Gasteiger partial charge in [0.25, 0.3) is 0 Å². The van der Waals surface area contributed by atoms with Crippen molar-refractivity contribution < 1.29 is 9.84 Å². The van der Waals surface area contributed by atoms with Gasteiger partial charge in [-0.15, -0.1) is 0 Å². The van der Waals surface area contributed by atoms with E-state index in [1.807, 2.05) is 0 Å².